The van der Waals surface area contributed by atoms with E-state index in [9.17, 15) is 9.59 Å². The van der Waals surface area contributed by atoms with E-state index in [1.807, 2.05) is 36.4 Å². The average Bonchev–Trinajstić information content (AvgIpc) is 3.22. The van der Waals surface area contributed by atoms with E-state index < -0.39 is 6.09 Å². The fourth-order valence-electron chi connectivity index (χ4n) is 5.80. The molecule has 2 aromatic carbocycles. The van der Waals surface area contributed by atoms with E-state index in [0.717, 1.165) is 43.0 Å². The van der Waals surface area contributed by atoms with Gasteiger partial charge in [-0.1, -0.05) is 75.2 Å². The minimum atomic E-state index is -0.503. The Morgan fingerprint density at radius 2 is 1.62 bits per heavy atom. The lowest BCUT2D eigenvalue weighted by molar-refractivity contribution is -0.915. The molecule has 0 saturated carbocycles. The monoisotopic (exact) mass is 684 g/mol. The second-order valence-electron chi connectivity index (χ2n) is 11.1. The first-order valence-electron chi connectivity index (χ1n) is 14.3. The van der Waals surface area contributed by atoms with Gasteiger partial charge in [-0.2, -0.15) is 0 Å². The number of esters is 1. The van der Waals surface area contributed by atoms with Gasteiger partial charge in [-0.05, 0) is 30.7 Å². The normalized spacial score (nSPS) is 20.6. The summed E-state index contributed by atoms with van der Waals surface area (Å²) in [5.74, 6) is 1.88. The molecule has 40 heavy (non-hydrogen) atoms. The molecule has 7 nitrogen and oxygen atoms in total. The van der Waals surface area contributed by atoms with Crippen LogP contribution >= 0.6 is 11.6 Å². The molecule has 2 aromatic rings. The third-order valence-electron chi connectivity index (χ3n) is 7.80. The van der Waals surface area contributed by atoms with Gasteiger partial charge in [0.25, 0.3) is 0 Å². The number of alkyl carbamates (subject to hydrolysis) is 1. The smallest absolute Gasteiger partial charge is 0.411 e. The number of carbonyl (C=O) groups is 2. The number of ether oxygens (including phenoxy) is 3. The standard InChI is InChI=1S/C31H41ClN2O5.HI/c1-3-4-5-6-7-8-9-14-30(35)37-18-17-33-31(36)38-22-34(2)20-26-24-12-10-11-13-28(24)39-29-16-15-23(32)19-25(29)27(26)21-34;/h10-13,15-16,19,26-27H,3-9,14,17-18,20-22H2,1-2H3;1H. The summed E-state index contributed by atoms with van der Waals surface area (Å²) in [5, 5.41) is 3.38. The van der Waals surface area contributed by atoms with Gasteiger partial charge in [0.2, 0.25) is 6.73 Å². The Balaban J connectivity index is 0.00000441. The van der Waals surface area contributed by atoms with Gasteiger partial charge in [-0.15, -0.1) is 0 Å². The first kappa shape index (κ1) is 32.5. The van der Waals surface area contributed by atoms with Crippen molar-refractivity contribution in [3.05, 3.63) is 58.6 Å². The van der Waals surface area contributed by atoms with Gasteiger partial charge in [0.05, 0.1) is 26.7 Å². The number of quaternary nitrogens is 1. The van der Waals surface area contributed by atoms with Crippen LogP contribution in [-0.4, -0.2) is 56.6 Å². The summed E-state index contributed by atoms with van der Waals surface area (Å²) in [4.78, 5) is 24.3. The van der Waals surface area contributed by atoms with Crippen molar-refractivity contribution < 1.29 is 52.3 Å². The topological polar surface area (TPSA) is 73.9 Å². The second-order valence-corrected chi connectivity index (χ2v) is 11.5. The number of benzene rings is 2. The molecule has 3 unspecified atom stereocenters. The number of carbonyl (C=O) groups excluding carboxylic acids is 2. The minimum absolute atomic E-state index is 0. The van der Waals surface area contributed by atoms with Crippen molar-refractivity contribution in [2.24, 2.45) is 0 Å². The Kier molecular flexibility index (Phi) is 12.8. The predicted octanol–water partition coefficient (Wildman–Crippen LogP) is 4.14. The molecular formula is C31H42ClIN2O5. The molecule has 1 fully saturated rings. The van der Waals surface area contributed by atoms with E-state index in [1.165, 1.54) is 37.7 Å². The molecule has 0 bridgehead atoms. The second kappa shape index (κ2) is 15.8. The van der Waals surface area contributed by atoms with Crippen molar-refractivity contribution in [3.63, 3.8) is 0 Å². The number of likely N-dealkylation sites (tertiary alicyclic amines) is 1. The first-order valence-corrected chi connectivity index (χ1v) is 14.7. The van der Waals surface area contributed by atoms with Gasteiger partial charge in [0.1, 0.15) is 18.1 Å². The molecule has 9 heteroatoms. The van der Waals surface area contributed by atoms with Crippen LogP contribution in [0.5, 0.6) is 11.5 Å². The fraction of sp³-hybridized carbons (Fsp3) is 0.548. The van der Waals surface area contributed by atoms with Crippen LogP contribution in [0.25, 0.3) is 0 Å². The van der Waals surface area contributed by atoms with Crippen LogP contribution in [0.2, 0.25) is 5.02 Å². The van der Waals surface area contributed by atoms with Crippen molar-refractivity contribution >= 4 is 23.7 Å². The molecule has 0 radical (unpaired) electrons. The summed E-state index contributed by atoms with van der Waals surface area (Å²) in [6.07, 6.45) is 8.03. The van der Waals surface area contributed by atoms with Gasteiger partial charge in [-0.3, -0.25) is 9.28 Å². The summed E-state index contributed by atoms with van der Waals surface area (Å²) in [6, 6.07) is 13.9. The Morgan fingerprint density at radius 1 is 0.950 bits per heavy atom. The van der Waals surface area contributed by atoms with Gasteiger partial charge in [-0.25, -0.2) is 4.79 Å². The molecule has 1 amide bonds. The Hall–Kier alpha value is -2.04. The average molecular weight is 685 g/mol. The molecule has 0 spiro atoms. The molecule has 2 aliphatic heterocycles. The summed E-state index contributed by atoms with van der Waals surface area (Å²) >= 11 is 6.37. The van der Waals surface area contributed by atoms with Crippen LogP contribution in [0.4, 0.5) is 4.79 Å². The predicted molar refractivity (Wildman–Crippen MR) is 152 cm³/mol. The third kappa shape index (κ3) is 8.98. The Morgan fingerprint density at radius 3 is 2.40 bits per heavy atom. The highest BCUT2D eigenvalue weighted by Crippen LogP contribution is 2.51. The number of para-hydroxylation sites is 1. The van der Waals surface area contributed by atoms with E-state index in [-0.39, 0.29) is 61.7 Å². The Bertz CT molecular complexity index is 1130. The summed E-state index contributed by atoms with van der Waals surface area (Å²) in [6.45, 7) is 4.43. The van der Waals surface area contributed by atoms with E-state index >= 15 is 0 Å². The zero-order valence-corrected chi connectivity index (χ0v) is 26.5. The maximum atomic E-state index is 12.4. The third-order valence-corrected chi connectivity index (χ3v) is 8.03. The zero-order chi connectivity index (χ0) is 27.7. The molecule has 1 saturated heterocycles. The fourth-order valence-corrected chi connectivity index (χ4v) is 5.98. The van der Waals surface area contributed by atoms with Crippen molar-refractivity contribution in [2.75, 3.05) is 40.0 Å². The van der Waals surface area contributed by atoms with Crippen molar-refractivity contribution in [1.82, 2.24) is 5.32 Å². The highest BCUT2D eigenvalue weighted by atomic mass is 127. The molecule has 220 valence electrons. The van der Waals surface area contributed by atoms with Crippen LogP contribution in [0.1, 0.15) is 81.3 Å². The summed E-state index contributed by atoms with van der Waals surface area (Å²) in [7, 11) is 2.11. The minimum Gasteiger partial charge on any atom is -1.00 e. The van der Waals surface area contributed by atoms with E-state index in [1.54, 1.807) is 0 Å². The van der Waals surface area contributed by atoms with E-state index in [0.29, 0.717) is 15.9 Å². The van der Waals surface area contributed by atoms with E-state index in [2.05, 4.69) is 25.4 Å². The largest absolute Gasteiger partial charge is 1.00 e. The number of nitrogens with zero attached hydrogens (tertiary/aromatic N) is 1. The number of amides is 1. The van der Waals surface area contributed by atoms with Crippen LogP contribution in [-0.2, 0) is 14.3 Å². The maximum absolute atomic E-state index is 12.4. The number of hydrogen-bond acceptors (Lipinski definition) is 5. The molecule has 1 N–H and O–H groups in total. The lowest BCUT2D eigenvalue weighted by atomic mass is 9.84. The van der Waals surface area contributed by atoms with Gasteiger partial charge in [0, 0.05) is 34.4 Å². The molecule has 2 heterocycles. The van der Waals surface area contributed by atoms with Gasteiger partial charge < -0.3 is 43.5 Å². The van der Waals surface area contributed by atoms with Gasteiger partial charge >= 0.3 is 12.1 Å². The molecule has 2 aliphatic rings. The Labute approximate surface area is 260 Å². The number of halogens is 2. The van der Waals surface area contributed by atoms with Crippen molar-refractivity contribution in [2.45, 2.75) is 70.1 Å². The van der Waals surface area contributed by atoms with E-state index in [4.69, 9.17) is 25.8 Å². The lowest BCUT2D eigenvalue weighted by Crippen LogP contribution is -3.00. The molecular weight excluding hydrogens is 643 g/mol. The van der Waals surface area contributed by atoms with Crippen LogP contribution in [0.3, 0.4) is 0 Å². The molecule has 0 aromatic heterocycles. The molecule has 3 atom stereocenters. The van der Waals surface area contributed by atoms with Gasteiger partial charge in [0.15, 0.2) is 0 Å². The first-order chi connectivity index (χ1) is 18.9. The van der Waals surface area contributed by atoms with Crippen LogP contribution in [0, 0.1) is 0 Å². The summed E-state index contributed by atoms with van der Waals surface area (Å²) in [5.41, 5.74) is 2.26. The zero-order valence-electron chi connectivity index (χ0n) is 23.6. The summed E-state index contributed by atoms with van der Waals surface area (Å²) < 4.78 is 17.7. The SMILES string of the molecule is CCCCCCCCCC(=O)OCCNC(=O)OC[N+]1(C)CC2c3ccccc3Oc3ccc(Cl)cc3C2C1.[I-]. The molecule has 0 aliphatic carbocycles. The highest BCUT2D eigenvalue weighted by Gasteiger charge is 2.48. The molecule has 4 rings (SSSR count). The van der Waals surface area contributed by atoms with Crippen LogP contribution in [0.15, 0.2) is 42.5 Å². The quantitative estimate of drug-likeness (QED) is 0.149. The van der Waals surface area contributed by atoms with Crippen molar-refractivity contribution in [3.8, 4) is 11.5 Å². The van der Waals surface area contributed by atoms with Crippen LogP contribution < -0.4 is 34.0 Å². The number of rotatable bonds is 13. The number of likely N-dealkylation sites (N-methyl/N-ethyl adjacent to an activating group) is 1. The number of nitrogens with one attached hydrogen (secondary N) is 1. The number of fused-ring (bicyclic) bond motifs is 5. The van der Waals surface area contributed by atoms with Crippen molar-refractivity contribution in [1.29, 1.82) is 0 Å². The number of unbranched alkanes of at least 4 members (excludes halogenated alkanes) is 6. The highest BCUT2D eigenvalue weighted by molar-refractivity contribution is 6.30. The lowest BCUT2D eigenvalue weighted by Gasteiger charge is -2.29. The number of hydrogen-bond donors (Lipinski definition) is 1. The maximum Gasteiger partial charge on any atom is 0.411 e.